The van der Waals surface area contributed by atoms with E-state index in [-0.39, 0.29) is 6.04 Å². The zero-order chi connectivity index (χ0) is 8.97. The van der Waals surface area contributed by atoms with Crippen LogP contribution in [0.1, 0.15) is 12.6 Å². The van der Waals surface area contributed by atoms with Crippen molar-refractivity contribution in [3.05, 3.63) is 18.0 Å². The van der Waals surface area contributed by atoms with E-state index in [1.165, 1.54) is 0 Å². The standard InChI is InChI=1S/C8H12N4/c1-7(5-9)10-6-8-3-4-12(2)11-8/h3-4,7,10H,6H2,1-2H3. The maximum Gasteiger partial charge on any atom is 0.0927 e. The van der Waals surface area contributed by atoms with E-state index in [0.717, 1.165) is 5.69 Å². The maximum atomic E-state index is 8.48. The summed E-state index contributed by atoms with van der Waals surface area (Å²) in [6.45, 7) is 2.47. The molecule has 0 aliphatic heterocycles. The second-order valence-electron chi connectivity index (χ2n) is 2.71. The lowest BCUT2D eigenvalue weighted by Crippen LogP contribution is -2.23. The summed E-state index contributed by atoms with van der Waals surface area (Å²) in [6, 6.07) is 3.91. The summed E-state index contributed by atoms with van der Waals surface area (Å²) in [6.07, 6.45) is 1.88. The Kier molecular flexibility index (Phi) is 2.83. The van der Waals surface area contributed by atoms with Crippen molar-refractivity contribution in [3.8, 4) is 6.07 Å². The van der Waals surface area contributed by atoms with Crippen LogP contribution in [0.4, 0.5) is 0 Å². The molecule has 1 N–H and O–H groups in total. The molecule has 1 unspecified atom stereocenters. The number of nitrogens with zero attached hydrogens (tertiary/aromatic N) is 3. The van der Waals surface area contributed by atoms with Gasteiger partial charge in [-0.1, -0.05) is 0 Å². The molecular formula is C8H12N4. The lowest BCUT2D eigenvalue weighted by Gasteiger charge is -2.02. The second kappa shape index (κ2) is 3.88. The molecule has 12 heavy (non-hydrogen) atoms. The molecule has 0 aliphatic carbocycles. The van der Waals surface area contributed by atoms with Crippen LogP contribution in [0, 0.1) is 11.3 Å². The van der Waals surface area contributed by atoms with Crippen LogP contribution in [0.5, 0.6) is 0 Å². The first-order valence-corrected chi connectivity index (χ1v) is 3.84. The van der Waals surface area contributed by atoms with Crippen molar-refractivity contribution in [1.82, 2.24) is 15.1 Å². The van der Waals surface area contributed by atoms with E-state index in [1.807, 2.05) is 26.2 Å². The highest BCUT2D eigenvalue weighted by molar-refractivity contribution is 4.99. The average Bonchev–Trinajstić information content (AvgIpc) is 2.47. The Morgan fingerprint density at radius 1 is 1.83 bits per heavy atom. The zero-order valence-electron chi connectivity index (χ0n) is 7.28. The third-order valence-corrected chi connectivity index (χ3v) is 1.55. The largest absolute Gasteiger partial charge is 0.296 e. The minimum Gasteiger partial charge on any atom is -0.296 e. The van der Waals surface area contributed by atoms with Gasteiger partial charge in [-0.05, 0) is 13.0 Å². The first-order valence-electron chi connectivity index (χ1n) is 3.84. The zero-order valence-corrected chi connectivity index (χ0v) is 7.28. The van der Waals surface area contributed by atoms with Crippen LogP contribution in [-0.4, -0.2) is 15.8 Å². The second-order valence-corrected chi connectivity index (χ2v) is 2.71. The van der Waals surface area contributed by atoms with Crippen LogP contribution in [0.3, 0.4) is 0 Å². The SMILES string of the molecule is CC(C#N)NCc1ccn(C)n1. The number of nitriles is 1. The molecular weight excluding hydrogens is 152 g/mol. The lowest BCUT2D eigenvalue weighted by molar-refractivity contribution is 0.619. The molecule has 64 valence electrons. The number of hydrogen-bond donors (Lipinski definition) is 1. The van der Waals surface area contributed by atoms with Gasteiger partial charge in [0.15, 0.2) is 0 Å². The predicted molar refractivity (Wildman–Crippen MR) is 45.1 cm³/mol. The lowest BCUT2D eigenvalue weighted by atomic mass is 10.3. The molecule has 0 amide bonds. The van der Waals surface area contributed by atoms with Gasteiger partial charge in [-0.25, -0.2) is 0 Å². The Bertz CT molecular complexity index is 283. The van der Waals surface area contributed by atoms with Crippen LogP contribution in [-0.2, 0) is 13.6 Å². The smallest absolute Gasteiger partial charge is 0.0927 e. The van der Waals surface area contributed by atoms with Gasteiger partial charge in [0.2, 0.25) is 0 Å². The van der Waals surface area contributed by atoms with Gasteiger partial charge < -0.3 is 0 Å². The summed E-state index contributed by atoms with van der Waals surface area (Å²) in [5, 5.41) is 15.7. The van der Waals surface area contributed by atoms with E-state index in [9.17, 15) is 0 Å². The monoisotopic (exact) mass is 164 g/mol. The summed E-state index contributed by atoms with van der Waals surface area (Å²) in [4.78, 5) is 0. The van der Waals surface area contributed by atoms with Gasteiger partial charge in [-0.2, -0.15) is 10.4 Å². The topological polar surface area (TPSA) is 53.6 Å². The summed E-state index contributed by atoms with van der Waals surface area (Å²) in [5.74, 6) is 0. The van der Waals surface area contributed by atoms with Crippen molar-refractivity contribution in [2.45, 2.75) is 19.5 Å². The highest BCUT2D eigenvalue weighted by atomic mass is 15.3. The number of rotatable bonds is 3. The first-order chi connectivity index (χ1) is 5.72. The van der Waals surface area contributed by atoms with Gasteiger partial charge in [0, 0.05) is 19.8 Å². The van der Waals surface area contributed by atoms with Crippen molar-refractivity contribution in [1.29, 1.82) is 5.26 Å². The molecule has 0 bridgehead atoms. The summed E-state index contributed by atoms with van der Waals surface area (Å²) in [7, 11) is 1.87. The predicted octanol–water partition coefficient (Wildman–Crippen LogP) is 0.422. The van der Waals surface area contributed by atoms with E-state index in [2.05, 4.69) is 16.5 Å². The Balaban J connectivity index is 2.39. The van der Waals surface area contributed by atoms with Crippen LogP contribution in [0.25, 0.3) is 0 Å². The number of aryl methyl sites for hydroxylation is 1. The fourth-order valence-corrected chi connectivity index (χ4v) is 0.861. The summed E-state index contributed by atoms with van der Waals surface area (Å²) in [5.41, 5.74) is 0.958. The molecule has 1 atom stereocenters. The molecule has 0 aliphatic rings. The van der Waals surface area contributed by atoms with E-state index in [4.69, 9.17) is 5.26 Å². The van der Waals surface area contributed by atoms with E-state index in [0.29, 0.717) is 6.54 Å². The summed E-state index contributed by atoms with van der Waals surface area (Å²) < 4.78 is 1.74. The quantitative estimate of drug-likeness (QED) is 0.704. The fourth-order valence-electron chi connectivity index (χ4n) is 0.861. The molecule has 1 aromatic heterocycles. The average molecular weight is 164 g/mol. The van der Waals surface area contributed by atoms with E-state index < -0.39 is 0 Å². The molecule has 0 aromatic carbocycles. The molecule has 0 saturated heterocycles. The Morgan fingerprint density at radius 3 is 3.08 bits per heavy atom. The van der Waals surface area contributed by atoms with Crippen molar-refractivity contribution in [2.75, 3.05) is 0 Å². The molecule has 0 fully saturated rings. The number of nitrogens with one attached hydrogen (secondary N) is 1. The number of aromatic nitrogens is 2. The van der Waals surface area contributed by atoms with Gasteiger partial charge in [0.05, 0.1) is 17.8 Å². The highest BCUT2D eigenvalue weighted by Crippen LogP contribution is 1.93. The highest BCUT2D eigenvalue weighted by Gasteiger charge is 1.99. The number of hydrogen-bond acceptors (Lipinski definition) is 3. The van der Waals surface area contributed by atoms with Gasteiger partial charge in [-0.15, -0.1) is 0 Å². The van der Waals surface area contributed by atoms with Crippen LogP contribution < -0.4 is 5.32 Å². The van der Waals surface area contributed by atoms with Crippen molar-refractivity contribution < 1.29 is 0 Å². The molecule has 1 rings (SSSR count). The van der Waals surface area contributed by atoms with Crippen molar-refractivity contribution in [2.24, 2.45) is 7.05 Å². The molecule has 0 saturated carbocycles. The van der Waals surface area contributed by atoms with Gasteiger partial charge in [0.1, 0.15) is 0 Å². The molecule has 4 heteroatoms. The van der Waals surface area contributed by atoms with Crippen LogP contribution in [0.2, 0.25) is 0 Å². The van der Waals surface area contributed by atoms with E-state index in [1.54, 1.807) is 4.68 Å². The minimum absolute atomic E-state index is 0.119. The van der Waals surface area contributed by atoms with Gasteiger partial charge in [-0.3, -0.25) is 10.00 Å². The molecule has 1 aromatic rings. The van der Waals surface area contributed by atoms with Crippen LogP contribution in [0.15, 0.2) is 12.3 Å². The van der Waals surface area contributed by atoms with Crippen molar-refractivity contribution in [3.63, 3.8) is 0 Å². The Hall–Kier alpha value is -1.34. The van der Waals surface area contributed by atoms with Gasteiger partial charge >= 0.3 is 0 Å². The third-order valence-electron chi connectivity index (χ3n) is 1.55. The van der Waals surface area contributed by atoms with Gasteiger partial charge in [0.25, 0.3) is 0 Å². The van der Waals surface area contributed by atoms with Crippen LogP contribution >= 0.6 is 0 Å². The maximum absolute atomic E-state index is 8.48. The Labute approximate surface area is 71.8 Å². The summed E-state index contributed by atoms with van der Waals surface area (Å²) >= 11 is 0. The van der Waals surface area contributed by atoms with E-state index >= 15 is 0 Å². The normalized spacial score (nSPS) is 12.4. The van der Waals surface area contributed by atoms with Crippen molar-refractivity contribution >= 4 is 0 Å². The molecule has 4 nitrogen and oxygen atoms in total. The fraction of sp³-hybridized carbons (Fsp3) is 0.500. The molecule has 0 radical (unpaired) electrons. The minimum atomic E-state index is -0.119. The molecule has 0 spiro atoms. The molecule has 1 heterocycles. The third kappa shape index (κ3) is 2.36. The Morgan fingerprint density at radius 2 is 2.58 bits per heavy atom. The first kappa shape index (κ1) is 8.75.